The average Bonchev–Trinajstić information content (AvgIpc) is 3.18. The Hall–Kier alpha value is -3.07. The minimum absolute atomic E-state index is 0.0984. The molecule has 0 bridgehead atoms. The number of aliphatic imine (C=N–C) groups is 1. The lowest BCUT2D eigenvalue weighted by atomic mass is 9.95. The van der Waals surface area contributed by atoms with Crippen molar-refractivity contribution in [3.8, 4) is 5.75 Å². The zero-order valence-electron chi connectivity index (χ0n) is 15.5. The summed E-state index contributed by atoms with van der Waals surface area (Å²) in [5.41, 5.74) is 3.72. The molecule has 0 saturated heterocycles. The van der Waals surface area contributed by atoms with Crippen molar-refractivity contribution in [2.24, 2.45) is 4.99 Å². The van der Waals surface area contributed by atoms with Crippen molar-refractivity contribution in [1.29, 1.82) is 0 Å². The van der Waals surface area contributed by atoms with E-state index < -0.39 is 0 Å². The van der Waals surface area contributed by atoms with E-state index in [1.807, 2.05) is 12.1 Å². The quantitative estimate of drug-likeness (QED) is 0.666. The van der Waals surface area contributed by atoms with Gasteiger partial charge < -0.3 is 10.1 Å². The molecule has 1 aliphatic heterocycles. The molecule has 3 aromatic carbocycles. The number of amidine groups is 1. The van der Waals surface area contributed by atoms with Crippen LogP contribution in [0, 0.1) is 0 Å². The highest BCUT2D eigenvalue weighted by atomic mass is 16.5. The van der Waals surface area contributed by atoms with Gasteiger partial charge in [0.2, 0.25) is 0 Å². The summed E-state index contributed by atoms with van der Waals surface area (Å²) in [5, 5.41) is 3.67. The van der Waals surface area contributed by atoms with Crippen LogP contribution in [-0.4, -0.2) is 12.9 Å². The number of methoxy groups -OCH3 is 1. The number of nitrogens with one attached hydrogen (secondary N) is 1. The molecule has 3 nitrogen and oxygen atoms in total. The van der Waals surface area contributed by atoms with Crippen LogP contribution in [0.2, 0.25) is 0 Å². The predicted octanol–water partition coefficient (Wildman–Crippen LogP) is 5.11. The van der Waals surface area contributed by atoms with Gasteiger partial charge in [0.25, 0.3) is 0 Å². The third-order valence-electron chi connectivity index (χ3n) is 5.06. The van der Waals surface area contributed by atoms with Gasteiger partial charge in [-0.05, 0) is 29.2 Å². The van der Waals surface area contributed by atoms with Gasteiger partial charge in [0.1, 0.15) is 11.8 Å². The van der Waals surface area contributed by atoms with Crippen LogP contribution < -0.4 is 10.1 Å². The highest BCUT2D eigenvalue weighted by Crippen LogP contribution is 2.36. The first-order chi connectivity index (χ1) is 13.3. The van der Waals surface area contributed by atoms with Crippen LogP contribution >= 0.6 is 0 Å². The molecule has 0 amide bonds. The van der Waals surface area contributed by atoms with Gasteiger partial charge in [-0.1, -0.05) is 78.9 Å². The maximum atomic E-state index is 5.48. The Kier molecular flexibility index (Phi) is 5.20. The molecule has 1 aliphatic rings. The van der Waals surface area contributed by atoms with Gasteiger partial charge in [0, 0.05) is 6.42 Å². The molecular formula is C24H24N2O. The number of ether oxygens (including phenoxy) is 1. The van der Waals surface area contributed by atoms with Crippen LogP contribution in [0.1, 0.15) is 35.2 Å². The number of rotatable bonds is 6. The van der Waals surface area contributed by atoms with E-state index >= 15 is 0 Å². The molecule has 136 valence electrons. The highest BCUT2D eigenvalue weighted by Gasteiger charge is 2.30. The standard InChI is InChI=1S/C24H24N2O/c1-27-21-15-9-8-10-18(21)16-17-22-25-23(19-11-4-2-5-12-19)24(26-22)20-13-6-3-7-14-20/h2-15,23-24H,16-17H2,1H3,(H,25,26). The lowest BCUT2D eigenvalue weighted by Crippen LogP contribution is -2.24. The molecule has 0 aromatic heterocycles. The van der Waals surface area contributed by atoms with Crippen LogP contribution in [0.25, 0.3) is 0 Å². The number of hydrogen-bond acceptors (Lipinski definition) is 3. The van der Waals surface area contributed by atoms with E-state index in [-0.39, 0.29) is 12.1 Å². The zero-order valence-corrected chi connectivity index (χ0v) is 15.5. The van der Waals surface area contributed by atoms with Crippen LogP contribution in [0.5, 0.6) is 5.75 Å². The number of aryl methyl sites for hydroxylation is 1. The van der Waals surface area contributed by atoms with E-state index in [2.05, 4.69) is 78.1 Å². The second-order valence-corrected chi connectivity index (χ2v) is 6.78. The van der Waals surface area contributed by atoms with Crippen molar-refractivity contribution in [3.05, 3.63) is 102 Å². The fourth-order valence-corrected chi connectivity index (χ4v) is 3.68. The van der Waals surface area contributed by atoms with Crippen LogP contribution in [0.3, 0.4) is 0 Å². The number of benzene rings is 3. The summed E-state index contributed by atoms with van der Waals surface area (Å²) in [5.74, 6) is 2.00. The first kappa shape index (κ1) is 17.3. The van der Waals surface area contributed by atoms with E-state index in [0.717, 1.165) is 24.4 Å². The van der Waals surface area contributed by atoms with Crippen molar-refractivity contribution in [1.82, 2.24) is 5.32 Å². The average molecular weight is 356 g/mol. The molecular weight excluding hydrogens is 332 g/mol. The molecule has 0 fully saturated rings. The maximum absolute atomic E-state index is 5.48. The summed E-state index contributed by atoms with van der Waals surface area (Å²) >= 11 is 0. The molecule has 4 rings (SSSR count). The minimum atomic E-state index is 0.0984. The van der Waals surface area contributed by atoms with E-state index in [9.17, 15) is 0 Å². The van der Waals surface area contributed by atoms with Gasteiger partial charge in [-0.25, -0.2) is 0 Å². The third-order valence-corrected chi connectivity index (χ3v) is 5.06. The van der Waals surface area contributed by atoms with Crippen LogP contribution in [0.4, 0.5) is 0 Å². The molecule has 0 spiro atoms. The lowest BCUT2D eigenvalue weighted by Gasteiger charge is -2.19. The fourth-order valence-electron chi connectivity index (χ4n) is 3.68. The Bertz CT molecular complexity index is 906. The molecule has 2 atom stereocenters. The highest BCUT2D eigenvalue weighted by molar-refractivity contribution is 5.85. The maximum Gasteiger partial charge on any atom is 0.122 e. The second kappa shape index (κ2) is 8.09. The van der Waals surface area contributed by atoms with Crippen LogP contribution in [0.15, 0.2) is 89.9 Å². The van der Waals surface area contributed by atoms with Crippen molar-refractivity contribution < 1.29 is 4.74 Å². The largest absolute Gasteiger partial charge is 0.496 e. The van der Waals surface area contributed by atoms with Gasteiger partial charge >= 0.3 is 0 Å². The van der Waals surface area contributed by atoms with E-state index in [0.29, 0.717) is 0 Å². The number of para-hydroxylation sites is 1. The predicted molar refractivity (Wildman–Crippen MR) is 110 cm³/mol. The first-order valence-electron chi connectivity index (χ1n) is 9.40. The molecule has 1 N–H and O–H groups in total. The normalized spacial score (nSPS) is 18.6. The third kappa shape index (κ3) is 3.87. The van der Waals surface area contributed by atoms with Gasteiger partial charge in [-0.3, -0.25) is 4.99 Å². The van der Waals surface area contributed by atoms with Gasteiger partial charge in [-0.2, -0.15) is 0 Å². The first-order valence-corrected chi connectivity index (χ1v) is 9.40. The monoisotopic (exact) mass is 356 g/mol. The Morgan fingerprint density at radius 1 is 0.778 bits per heavy atom. The van der Waals surface area contributed by atoms with Gasteiger partial charge in [-0.15, -0.1) is 0 Å². The molecule has 0 radical (unpaired) electrons. The Labute approximate surface area is 160 Å². The summed E-state index contributed by atoms with van der Waals surface area (Å²) in [4.78, 5) is 5.05. The summed E-state index contributed by atoms with van der Waals surface area (Å²) in [6, 6.07) is 29.6. The van der Waals surface area contributed by atoms with Gasteiger partial charge in [0.15, 0.2) is 0 Å². The Morgan fingerprint density at radius 3 is 2.11 bits per heavy atom. The number of hydrogen-bond donors (Lipinski definition) is 1. The summed E-state index contributed by atoms with van der Waals surface area (Å²) in [6.45, 7) is 0. The molecule has 3 aromatic rings. The second-order valence-electron chi connectivity index (χ2n) is 6.78. The number of nitrogens with zero attached hydrogens (tertiary/aromatic N) is 1. The fraction of sp³-hybridized carbons (Fsp3) is 0.208. The van der Waals surface area contributed by atoms with E-state index in [1.54, 1.807) is 7.11 Å². The van der Waals surface area contributed by atoms with Crippen molar-refractivity contribution in [2.45, 2.75) is 24.9 Å². The smallest absolute Gasteiger partial charge is 0.122 e. The van der Waals surface area contributed by atoms with Crippen molar-refractivity contribution >= 4 is 5.84 Å². The molecule has 0 saturated carbocycles. The summed E-state index contributed by atoms with van der Waals surface area (Å²) in [6.07, 6.45) is 1.77. The molecule has 2 unspecified atom stereocenters. The van der Waals surface area contributed by atoms with E-state index in [1.165, 1.54) is 16.7 Å². The van der Waals surface area contributed by atoms with Gasteiger partial charge in [0.05, 0.1) is 19.0 Å². The molecule has 1 heterocycles. The molecule has 3 heteroatoms. The van der Waals surface area contributed by atoms with Crippen molar-refractivity contribution in [2.75, 3.05) is 7.11 Å². The summed E-state index contributed by atoms with van der Waals surface area (Å²) < 4.78 is 5.48. The van der Waals surface area contributed by atoms with Crippen molar-refractivity contribution in [3.63, 3.8) is 0 Å². The molecule has 0 aliphatic carbocycles. The van der Waals surface area contributed by atoms with Crippen LogP contribution in [-0.2, 0) is 6.42 Å². The summed E-state index contributed by atoms with van der Waals surface area (Å²) in [7, 11) is 1.72. The minimum Gasteiger partial charge on any atom is -0.496 e. The Balaban J connectivity index is 1.56. The van der Waals surface area contributed by atoms with E-state index in [4.69, 9.17) is 9.73 Å². The molecule has 27 heavy (non-hydrogen) atoms. The Morgan fingerprint density at radius 2 is 1.41 bits per heavy atom. The topological polar surface area (TPSA) is 33.6 Å². The zero-order chi connectivity index (χ0) is 18.5. The lowest BCUT2D eigenvalue weighted by molar-refractivity contribution is 0.410. The SMILES string of the molecule is COc1ccccc1CCC1=NC(c2ccccc2)C(c2ccccc2)N1.